The minimum absolute atomic E-state index is 0.0271. The first-order valence-corrected chi connectivity index (χ1v) is 20.5. The van der Waals surface area contributed by atoms with Crippen LogP contribution in [0.1, 0.15) is 169 Å². The third-order valence-corrected chi connectivity index (χ3v) is 9.23. The van der Waals surface area contributed by atoms with Crippen LogP contribution in [0.15, 0.2) is 0 Å². The number of hydrogen-bond donors (Lipinski definition) is 8. The summed E-state index contributed by atoms with van der Waals surface area (Å²) in [4.78, 5) is 49.5. The highest BCUT2D eigenvalue weighted by Gasteiger charge is 2.27. The van der Waals surface area contributed by atoms with Crippen molar-refractivity contribution in [2.45, 2.75) is 230 Å². The molecule has 15 nitrogen and oxygen atoms in total. The van der Waals surface area contributed by atoms with Gasteiger partial charge in [0.25, 0.3) is 0 Å². The van der Waals surface area contributed by atoms with E-state index in [1.165, 1.54) is 0 Å². The van der Waals surface area contributed by atoms with Crippen molar-refractivity contribution in [1.29, 1.82) is 0 Å². The van der Waals surface area contributed by atoms with Crippen molar-refractivity contribution < 1.29 is 74.2 Å². The van der Waals surface area contributed by atoms with Crippen LogP contribution in [-0.2, 0) is 33.4 Å². The third kappa shape index (κ3) is 31.4. The Hall–Kier alpha value is -2.40. The Kier molecular flexibility index (Phi) is 30.3. The molecule has 324 valence electrons. The molecule has 15 heteroatoms. The number of carbonyl (C=O) groups is 4. The standard InChI is InChI=1S/C40H74O15/c1-5-7-9-15-29(43)19-30(44)24-38(50)55-36(18-12-14-28(4)42)22-33(47)26-39(51)53-34(16-10-8-6-2)21-32(46)25-40(52)54-35(17-11-13-27(3)41)20-31(45)23-37(48)49/h27-36,41-47H,5-26H2,1-4H3,(H,48,49). The molecule has 0 aromatic heterocycles. The first kappa shape index (κ1) is 52.6. The molecule has 8 N–H and O–H groups in total. The number of carbonyl (C=O) groups excluding carboxylic acids is 3. The van der Waals surface area contributed by atoms with Gasteiger partial charge < -0.3 is 55.1 Å². The predicted octanol–water partition coefficient (Wildman–Crippen LogP) is 3.99. The molecule has 10 unspecified atom stereocenters. The summed E-state index contributed by atoms with van der Waals surface area (Å²) in [6, 6.07) is 0. The molecule has 0 fully saturated rings. The molecular formula is C40H74O15. The molecule has 0 rings (SSSR count). The Bertz CT molecular complexity index is 1020. The number of rotatable bonds is 35. The van der Waals surface area contributed by atoms with Crippen LogP contribution in [0.5, 0.6) is 0 Å². The average Bonchev–Trinajstić information content (AvgIpc) is 3.03. The average molecular weight is 795 g/mol. The fourth-order valence-corrected chi connectivity index (χ4v) is 6.36. The van der Waals surface area contributed by atoms with Gasteiger partial charge in [0.2, 0.25) is 0 Å². The lowest BCUT2D eigenvalue weighted by atomic mass is 10.0. The van der Waals surface area contributed by atoms with Gasteiger partial charge in [0.05, 0.1) is 68.4 Å². The van der Waals surface area contributed by atoms with Gasteiger partial charge in [-0.3, -0.25) is 19.2 Å². The minimum Gasteiger partial charge on any atom is -0.481 e. The normalized spacial score (nSPS) is 17.1. The second kappa shape index (κ2) is 31.7. The van der Waals surface area contributed by atoms with E-state index in [4.69, 9.17) is 19.3 Å². The van der Waals surface area contributed by atoms with E-state index < -0.39 is 104 Å². The zero-order chi connectivity index (χ0) is 41.8. The molecule has 0 aromatic rings. The first-order valence-electron chi connectivity index (χ1n) is 20.5. The van der Waals surface area contributed by atoms with E-state index in [0.717, 1.165) is 32.1 Å². The van der Waals surface area contributed by atoms with E-state index in [0.29, 0.717) is 51.4 Å². The molecule has 10 atom stereocenters. The number of hydrogen-bond acceptors (Lipinski definition) is 14. The quantitative estimate of drug-likeness (QED) is 0.0256. The lowest BCUT2D eigenvalue weighted by Gasteiger charge is -2.24. The van der Waals surface area contributed by atoms with Gasteiger partial charge in [0.1, 0.15) is 18.3 Å². The van der Waals surface area contributed by atoms with E-state index in [9.17, 15) is 54.9 Å². The highest BCUT2D eigenvalue weighted by Crippen LogP contribution is 2.21. The number of ether oxygens (including phenoxy) is 3. The molecule has 0 amide bonds. The van der Waals surface area contributed by atoms with E-state index in [1.54, 1.807) is 13.8 Å². The molecule has 0 saturated heterocycles. The van der Waals surface area contributed by atoms with Gasteiger partial charge in [-0.2, -0.15) is 0 Å². The largest absolute Gasteiger partial charge is 0.481 e. The van der Waals surface area contributed by atoms with Crippen LogP contribution >= 0.6 is 0 Å². The summed E-state index contributed by atoms with van der Waals surface area (Å²) in [5.74, 6) is -3.45. The summed E-state index contributed by atoms with van der Waals surface area (Å²) in [6.07, 6.45) is -2.94. The molecule has 0 spiro atoms. The maximum atomic E-state index is 13.0. The van der Waals surface area contributed by atoms with Crippen LogP contribution in [0.2, 0.25) is 0 Å². The Labute approximate surface area is 327 Å². The summed E-state index contributed by atoms with van der Waals surface area (Å²) < 4.78 is 16.7. The smallest absolute Gasteiger partial charge is 0.308 e. The number of aliphatic hydroxyl groups is 7. The number of aliphatic carboxylic acids is 1. The fourth-order valence-electron chi connectivity index (χ4n) is 6.36. The second-order valence-corrected chi connectivity index (χ2v) is 15.3. The van der Waals surface area contributed by atoms with Crippen LogP contribution in [-0.4, -0.2) is 126 Å². The molecule has 0 heterocycles. The van der Waals surface area contributed by atoms with Gasteiger partial charge in [-0.25, -0.2) is 0 Å². The SMILES string of the molecule is CCCCCC(O)CC(O)CC(=O)OC(CCCC(C)O)CC(O)CC(=O)OC(CCCCC)CC(O)CC(=O)OC(CCCC(C)O)CC(O)CC(=O)O. The van der Waals surface area contributed by atoms with Crippen LogP contribution in [0.4, 0.5) is 0 Å². The number of aliphatic hydroxyl groups excluding tert-OH is 7. The number of carboxylic acid groups (broad SMARTS) is 1. The van der Waals surface area contributed by atoms with E-state index in [-0.39, 0.29) is 38.5 Å². The Morgan fingerprint density at radius 3 is 1.09 bits per heavy atom. The number of unbranched alkanes of at least 4 members (excludes halogenated alkanes) is 4. The second-order valence-electron chi connectivity index (χ2n) is 15.3. The van der Waals surface area contributed by atoms with Crippen LogP contribution in [0.25, 0.3) is 0 Å². The maximum absolute atomic E-state index is 13.0. The highest BCUT2D eigenvalue weighted by molar-refractivity contribution is 5.71. The zero-order valence-electron chi connectivity index (χ0n) is 33.8. The Balaban J connectivity index is 5.34. The highest BCUT2D eigenvalue weighted by atomic mass is 16.6. The van der Waals surface area contributed by atoms with Crippen molar-refractivity contribution in [3.63, 3.8) is 0 Å². The fraction of sp³-hybridized carbons (Fsp3) is 0.900. The monoisotopic (exact) mass is 795 g/mol. The van der Waals surface area contributed by atoms with Crippen molar-refractivity contribution in [2.75, 3.05) is 0 Å². The van der Waals surface area contributed by atoms with Crippen LogP contribution in [0, 0.1) is 0 Å². The molecule has 0 aliphatic heterocycles. The molecule has 0 aliphatic carbocycles. The van der Waals surface area contributed by atoms with E-state index in [2.05, 4.69) is 0 Å². The van der Waals surface area contributed by atoms with Gasteiger partial charge in [0, 0.05) is 19.3 Å². The molecule has 0 radical (unpaired) electrons. The van der Waals surface area contributed by atoms with Gasteiger partial charge >= 0.3 is 23.9 Å². The van der Waals surface area contributed by atoms with Crippen molar-refractivity contribution >= 4 is 23.9 Å². The topological polar surface area (TPSA) is 258 Å². The van der Waals surface area contributed by atoms with Gasteiger partial charge in [-0.15, -0.1) is 0 Å². The predicted molar refractivity (Wildman–Crippen MR) is 204 cm³/mol. The van der Waals surface area contributed by atoms with E-state index >= 15 is 0 Å². The van der Waals surface area contributed by atoms with E-state index in [1.807, 2.05) is 13.8 Å². The summed E-state index contributed by atoms with van der Waals surface area (Å²) in [6.45, 7) is 7.27. The summed E-state index contributed by atoms with van der Waals surface area (Å²) in [5, 5.41) is 80.5. The zero-order valence-corrected chi connectivity index (χ0v) is 33.8. The summed E-state index contributed by atoms with van der Waals surface area (Å²) >= 11 is 0. The minimum atomic E-state index is -1.26. The van der Waals surface area contributed by atoms with Crippen molar-refractivity contribution in [3.8, 4) is 0 Å². The molecular weight excluding hydrogens is 720 g/mol. The van der Waals surface area contributed by atoms with Crippen molar-refractivity contribution in [2.24, 2.45) is 0 Å². The molecule has 0 aromatic carbocycles. The molecule has 55 heavy (non-hydrogen) atoms. The van der Waals surface area contributed by atoms with Gasteiger partial charge in [0.15, 0.2) is 0 Å². The molecule has 0 bridgehead atoms. The number of carboxylic acids is 1. The van der Waals surface area contributed by atoms with Gasteiger partial charge in [-0.05, 0) is 78.1 Å². The van der Waals surface area contributed by atoms with Crippen molar-refractivity contribution in [1.82, 2.24) is 0 Å². The third-order valence-electron chi connectivity index (χ3n) is 9.23. The molecule has 0 saturated carbocycles. The van der Waals surface area contributed by atoms with Crippen molar-refractivity contribution in [3.05, 3.63) is 0 Å². The Morgan fingerprint density at radius 1 is 0.418 bits per heavy atom. The van der Waals surface area contributed by atoms with Gasteiger partial charge in [-0.1, -0.05) is 46.0 Å². The number of esters is 3. The first-order chi connectivity index (χ1) is 25.9. The lowest BCUT2D eigenvalue weighted by molar-refractivity contribution is -0.156. The summed E-state index contributed by atoms with van der Waals surface area (Å²) in [7, 11) is 0. The van der Waals surface area contributed by atoms with Crippen LogP contribution in [0.3, 0.4) is 0 Å². The summed E-state index contributed by atoms with van der Waals surface area (Å²) in [5.41, 5.74) is 0. The lowest BCUT2D eigenvalue weighted by Crippen LogP contribution is -2.31. The maximum Gasteiger partial charge on any atom is 0.308 e. The Morgan fingerprint density at radius 2 is 0.745 bits per heavy atom. The van der Waals surface area contributed by atoms with Crippen LogP contribution < -0.4 is 0 Å². The molecule has 0 aliphatic rings.